The van der Waals surface area contributed by atoms with Crippen LogP contribution in [0.15, 0.2) is 42.6 Å². The molecule has 1 atom stereocenters. The van der Waals surface area contributed by atoms with Gasteiger partial charge < -0.3 is 15.4 Å². The van der Waals surface area contributed by atoms with E-state index in [1.165, 1.54) is 12.3 Å². The van der Waals surface area contributed by atoms with Crippen LogP contribution in [0, 0.1) is 10.1 Å². The summed E-state index contributed by atoms with van der Waals surface area (Å²) in [5.74, 6) is -0.170. The number of pyridine rings is 1. The van der Waals surface area contributed by atoms with Crippen LogP contribution in [0.1, 0.15) is 18.5 Å². The Morgan fingerprint density at radius 2 is 2.05 bits per heavy atom. The minimum atomic E-state index is -0.527. The van der Waals surface area contributed by atoms with Crippen molar-refractivity contribution in [3.05, 3.63) is 63.3 Å². The Bertz CT molecular complexity index is 587. The van der Waals surface area contributed by atoms with Crippen LogP contribution in [0.25, 0.3) is 0 Å². The summed E-state index contributed by atoms with van der Waals surface area (Å²) in [4.78, 5) is 13.7. The van der Waals surface area contributed by atoms with Gasteiger partial charge in [0.15, 0.2) is 6.20 Å². The summed E-state index contributed by atoms with van der Waals surface area (Å²) in [7, 11) is 0. The van der Waals surface area contributed by atoms with E-state index in [0.717, 1.165) is 5.56 Å². The topological polar surface area (TPSA) is 68.1 Å². The lowest BCUT2D eigenvalue weighted by Crippen LogP contribution is -2.07. The van der Waals surface area contributed by atoms with Gasteiger partial charge in [0.25, 0.3) is 0 Å². The number of nitrogens with zero attached hydrogens (tertiary/aromatic N) is 2. The highest BCUT2D eigenvalue weighted by Crippen LogP contribution is 2.25. The maximum absolute atomic E-state index is 10.5. The average Bonchev–Trinajstić information content (AvgIpc) is 2.39. The highest BCUT2D eigenvalue weighted by Gasteiger charge is 2.11. The Morgan fingerprint density at radius 3 is 2.63 bits per heavy atom. The molecule has 2 rings (SSSR count). The monoisotopic (exact) mass is 277 g/mol. The lowest BCUT2D eigenvalue weighted by molar-refractivity contribution is -0.389. The number of anilines is 1. The van der Waals surface area contributed by atoms with E-state index in [1.807, 2.05) is 31.2 Å². The van der Waals surface area contributed by atoms with E-state index in [9.17, 15) is 10.1 Å². The first-order valence-electron chi connectivity index (χ1n) is 5.69. The fraction of sp³-hybridized carbons (Fsp3) is 0.154. The molecule has 1 heterocycles. The molecule has 0 aliphatic rings. The molecule has 0 unspecified atom stereocenters. The molecular weight excluding hydrogens is 266 g/mol. The number of nitrogens with one attached hydrogen (secondary N) is 1. The second-order valence-electron chi connectivity index (χ2n) is 4.05. The van der Waals surface area contributed by atoms with Crippen LogP contribution in [0.5, 0.6) is 0 Å². The molecule has 0 fully saturated rings. The number of nitro groups is 1. The first-order chi connectivity index (χ1) is 9.08. The van der Waals surface area contributed by atoms with E-state index in [0.29, 0.717) is 10.7 Å². The van der Waals surface area contributed by atoms with Gasteiger partial charge in [0.1, 0.15) is 0 Å². The summed E-state index contributed by atoms with van der Waals surface area (Å²) < 4.78 is 0. The minimum absolute atomic E-state index is 0.0167. The maximum Gasteiger partial charge on any atom is 0.363 e. The van der Waals surface area contributed by atoms with E-state index in [4.69, 9.17) is 11.6 Å². The summed E-state index contributed by atoms with van der Waals surface area (Å²) in [5.41, 5.74) is 1.67. The van der Waals surface area contributed by atoms with Crippen LogP contribution in [0.2, 0.25) is 5.02 Å². The Balaban J connectivity index is 2.13. The molecule has 0 amide bonds. The first kappa shape index (κ1) is 13.3. The molecule has 2 aromatic rings. The second kappa shape index (κ2) is 5.67. The normalized spacial score (nSPS) is 11.9. The maximum atomic E-state index is 10.5. The van der Waals surface area contributed by atoms with Gasteiger partial charge in [0.05, 0.1) is 11.7 Å². The van der Waals surface area contributed by atoms with Crippen molar-refractivity contribution in [2.75, 3.05) is 5.32 Å². The third-order valence-corrected chi connectivity index (χ3v) is 3.03. The van der Waals surface area contributed by atoms with Gasteiger partial charge in [0, 0.05) is 11.1 Å². The molecular formula is C13H12ClN3O2. The van der Waals surface area contributed by atoms with Gasteiger partial charge in [-0.25, -0.2) is 0 Å². The van der Waals surface area contributed by atoms with Crippen LogP contribution in [-0.2, 0) is 0 Å². The zero-order valence-corrected chi connectivity index (χ0v) is 11.0. The largest absolute Gasteiger partial charge is 0.375 e. The summed E-state index contributed by atoms with van der Waals surface area (Å²) >= 11 is 6.11. The third kappa shape index (κ3) is 3.20. The van der Waals surface area contributed by atoms with Crippen molar-refractivity contribution in [2.24, 2.45) is 0 Å². The molecule has 98 valence electrons. The van der Waals surface area contributed by atoms with Crippen molar-refractivity contribution in [3.63, 3.8) is 0 Å². The average molecular weight is 278 g/mol. The van der Waals surface area contributed by atoms with Crippen molar-refractivity contribution in [1.82, 2.24) is 4.98 Å². The van der Waals surface area contributed by atoms with Gasteiger partial charge >= 0.3 is 5.82 Å². The number of benzene rings is 1. The zero-order chi connectivity index (χ0) is 13.8. The molecule has 0 saturated heterocycles. The standard InChI is InChI=1S/C13H12ClN3O2/c1-9(11-4-2-3-5-12(11)14)16-10-6-7-13(15-8-10)17(18)19/h2-9,16H,1H3/t9-/m0/s1. The van der Waals surface area contributed by atoms with Crippen molar-refractivity contribution in [1.29, 1.82) is 0 Å². The molecule has 19 heavy (non-hydrogen) atoms. The highest BCUT2D eigenvalue weighted by atomic mass is 35.5. The van der Waals surface area contributed by atoms with Gasteiger partial charge in [-0.05, 0) is 34.5 Å². The summed E-state index contributed by atoms with van der Waals surface area (Å²) in [6.45, 7) is 1.96. The van der Waals surface area contributed by atoms with Crippen LogP contribution < -0.4 is 5.32 Å². The van der Waals surface area contributed by atoms with Crippen LogP contribution >= 0.6 is 11.6 Å². The molecule has 1 N–H and O–H groups in total. The lowest BCUT2D eigenvalue weighted by atomic mass is 10.1. The van der Waals surface area contributed by atoms with Gasteiger partial charge in [-0.15, -0.1) is 0 Å². The summed E-state index contributed by atoms with van der Waals surface area (Å²) in [6.07, 6.45) is 1.44. The first-order valence-corrected chi connectivity index (χ1v) is 6.07. The summed E-state index contributed by atoms with van der Waals surface area (Å²) in [5, 5.41) is 14.4. The molecule has 0 saturated carbocycles. The van der Waals surface area contributed by atoms with Gasteiger partial charge in [-0.2, -0.15) is 0 Å². The van der Waals surface area contributed by atoms with Crippen LogP contribution in [0.4, 0.5) is 11.5 Å². The molecule has 0 bridgehead atoms. The Labute approximate surface area is 115 Å². The van der Waals surface area contributed by atoms with Crippen LogP contribution in [-0.4, -0.2) is 9.91 Å². The Morgan fingerprint density at radius 1 is 1.32 bits per heavy atom. The zero-order valence-electron chi connectivity index (χ0n) is 10.2. The number of aromatic nitrogens is 1. The number of hydrogen-bond donors (Lipinski definition) is 1. The predicted molar refractivity (Wildman–Crippen MR) is 74.4 cm³/mol. The van der Waals surface area contributed by atoms with Gasteiger partial charge in [0.2, 0.25) is 0 Å². The SMILES string of the molecule is C[C@H](Nc1ccc([N+](=O)[O-])nc1)c1ccccc1Cl. The number of hydrogen-bond acceptors (Lipinski definition) is 4. The van der Waals surface area contributed by atoms with E-state index in [-0.39, 0.29) is 11.9 Å². The third-order valence-electron chi connectivity index (χ3n) is 2.69. The van der Waals surface area contributed by atoms with Crippen LogP contribution in [0.3, 0.4) is 0 Å². The molecule has 0 aliphatic carbocycles. The van der Waals surface area contributed by atoms with E-state index in [2.05, 4.69) is 10.3 Å². The van der Waals surface area contributed by atoms with Gasteiger partial charge in [-0.3, -0.25) is 0 Å². The molecule has 0 aliphatic heterocycles. The predicted octanol–water partition coefficient (Wildman–Crippen LogP) is 3.82. The lowest BCUT2D eigenvalue weighted by Gasteiger charge is -2.15. The van der Waals surface area contributed by atoms with Crippen molar-refractivity contribution >= 4 is 23.1 Å². The fourth-order valence-corrected chi connectivity index (χ4v) is 2.03. The van der Waals surface area contributed by atoms with Crippen molar-refractivity contribution in [3.8, 4) is 0 Å². The van der Waals surface area contributed by atoms with E-state index < -0.39 is 4.92 Å². The Kier molecular flexibility index (Phi) is 3.97. The number of halogens is 1. The molecule has 0 radical (unpaired) electrons. The summed E-state index contributed by atoms with van der Waals surface area (Å²) in [6, 6.07) is 10.5. The van der Waals surface area contributed by atoms with E-state index >= 15 is 0 Å². The molecule has 5 nitrogen and oxygen atoms in total. The number of rotatable bonds is 4. The quantitative estimate of drug-likeness (QED) is 0.681. The molecule has 0 spiro atoms. The fourth-order valence-electron chi connectivity index (χ4n) is 1.73. The smallest absolute Gasteiger partial charge is 0.363 e. The molecule has 6 heteroatoms. The highest BCUT2D eigenvalue weighted by molar-refractivity contribution is 6.31. The van der Waals surface area contributed by atoms with Gasteiger partial charge in [-0.1, -0.05) is 29.8 Å². The Hall–Kier alpha value is -2.14. The van der Waals surface area contributed by atoms with Crippen molar-refractivity contribution in [2.45, 2.75) is 13.0 Å². The van der Waals surface area contributed by atoms with E-state index in [1.54, 1.807) is 6.07 Å². The second-order valence-corrected chi connectivity index (χ2v) is 4.46. The van der Waals surface area contributed by atoms with Crippen molar-refractivity contribution < 1.29 is 4.92 Å². The molecule has 1 aromatic carbocycles. The minimum Gasteiger partial charge on any atom is -0.375 e. The molecule has 1 aromatic heterocycles.